The van der Waals surface area contributed by atoms with Crippen molar-refractivity contribution in [1.29, 1.82) is 0 Å². The van der Waals surface area contributed by atoms with E-state index in [1.54, 1.807) is 31.4 Å². The zero-order valence-electron chi connectivity index (χ0n) is 14.6. The van der Waals surface area contributed by atoms with Crippen LogP contribution in [0, 0.1) is 0 Å². The third kappa shape index (κ3) is 8.37. The summed E-state index contributed by atoms with van der Waals surface area (Å²) >= 11 is 0. The van der Waals surface area contributed by atoms with Gasteiger partial charge in [0.2, 0.25) is 0 Å². The summed E-state index contributed by atoms with van der Waals surface area (Å²) in [6, 6.07) is 6.93. The predicted octanol–water partition coefficient (Wildman–Crippen LogP) is 0.475. The van der Waals surface area contributed by atoms with Crippen molar-refractivity contribution in [3.8, 4) is 11.5 Å². The van der Waals surface area contributed by atoms with Crippen molar-refractivity contribution in [3.63, 3.8) is 0 Å². The molecular formula is C17H25NO7. The third-order valence-corrected chi connectivity index (χ3v) is 3.31. The molecular weight excluding hydrogens is 330 g/mol. The van der Waals surface area contributed by atoms with E-state index < -0.39 is 5.97 Å². The van der Waals surface area contributed by atoms with Crippen LogP contribution >= 0.6 is 0 Å². The second-order valence-electron chi connectivity index (χ2n) is 5.01. The van der Waals surface area contributed by atoms with Gasteiger partial charge in [0.05, 0.1) is 40.5 Å². The summed E-state index contributed by atoms with van der Waals surface area (Å²) in [4.78, 5) is 25.1. The third-order valence-electron chi connectivity index (χ3n) is 3.31. The van der Waals surface area contributed by atoms with Crippen LogP contribution in [0.3, 0.4) is 0 Å². The zero-order chi connectivity index (χ0) is 18.5. The summed E-state index contributed by atoms with van der Waals surface area (Å²) in [6.45, 7) is 0.683. The van der Waals surface area contributed by atoms with Crippen LogP contribution in [-0.2, 0) is 19.1 Å². The van der Waals surface area contributed by atoms with Crippen molar-refractivity contribution in [2.75, 3.05) is 53.7 Å². The number of aliphatic hydroxyl groups excluding tert-OH is 1. The summed E-state index contributed by atoms with van der Waals surface area (Å²) < 4.78 is 20.3. The average molecular weight is 355 g/mol. The second kappa shape index (κ2) is 12.1. The van der Waals surface area contributed by atoms with Crippen LogP contribution in [0.15, 0.2) is 24.3 Å². The number of carbonyl (C=O) groups is 2. The molecule has 1 aromatic carbocycles. The topological polar surface area (TPSA) is 94.5 Å². The molecule has 1 rings (SSSR count). The molecule has 8 heteroatoms. The van der Waals surface area contributed by atoms with Gasteiger partial charge in [0.15, 0.2) is 6.61 Å². The molecule has 0 atom stereocenters. The maximum atomic E-state index is 12.3. The van der Waals surface area contributed by atoms with Crippen LogP contribution in [0.25, 0.3) is 0 Å². The molecule has 0 aromatic heterocycles. The number of esters is 1. The molecule has 0 aliphatic heterocycles. The van der Waals surface area contributed by atoms with Gasteiger partial charge < -0.3 is 29.0 Å². The van der Waals surface area contributed by atoms with Crippen molar-refractivity contribution in [2.45, 2.75) is 6.42 Å². The lowest BCUT2D eigenvalue weighted by Crippen LogP contribution is -2.39. The molecule has 1 amide bonds. The molecule has 0 saturated heterocycles. The summed E-state index contributed by atoms with van der Waals surface area (Å²) in [5.41, 5.74) is 0. The molecule has 1 aromatic rings. The lowest BCUT2D eigenvalue weighted by atomic mass is 10.3. The molecule has 0 heterocycles. The van der Waals surface area contributed by atoms with E-state index in [9.17, 15) is 9.59 Å². The predicted molar refractivity (Wildman–Crippen MR) is 89.6 cm³/mol. The fourth-order valence-electron chi connectivity index (χ4n) is 1.96. The first-order valence-electron chi connectivity index (χ1n) is 7.90. The average Bonchev–Trinajstić information content (AvgIpc) is 2.65. The molecule has 0 saturated carbocycles. The van der Waals surface area contributed by atoms with Gasteiger partial charge in [-0.3, -0.25) is 9.59 Å². The first-order chi connectivity index (χ1) is 12.1. The Morgan fingerprint density at radius 1 is 1.12 bits per heavy atom. The molecule has 0 unspecified atom stereocenters. The van der Waals surface area contributed by atoms with Crippen LogP contribution in [0.4, 0.5) is 0 Å². The van der Waals surface area contributed by atoms with E-state index in [4.69, 9.17) is 19.3 Å². The molecule has 140 valence electrons. The Labute approximate surface area is 147 Å². The zero-order valence-corrected chi connectivity index (χ0v) is 14.6. The van der Waals surface area contributed by atoms with E-state index in [0.717, 1.165) is 0 Å². The number of rotatable bonds is 12. The highest BCUT2D eigenvalue weighted by atomic mass is 16.5. The number of methoxy groups -OCH3 is 2. The number of hydrogen-bond acceptors (Lipinski definition) is 7. The molecule has 0 radical (unpaired) electrons. The van der Waals surface area contributed by atoms with E-state index in [1.165, 1.54) is 12.0 Å². The molecule has 0 aliphatic rings. The Morgan fingerprint density at radius 3 is 2.56 bits per heavy atom. The van der Waals surface area contributed by atoms with Crippen molar-refractivity contribution in [3.05, 3.63) is 24.3 Å². The van der Waals surface area contributed by atoms with Crippen molar-refractivity contribution in [1.82, 2.24) is 4.90 Å². The van der Waals surface area contributed by atoms with Crippen molar-refractivity contribution < 1.29 is 33.6 Å². The molecule has 25 heavy (non-hydrogen) atoms. The Balaban J connectivity index is 2.55. The fourth-order valence-corrected chi connectivity index (χ4v) is 1.96. The standard InChI is InChI=1S/C17H25NO7/c1-22-14-4-3-5-15(12-14)25-13-16(20)18(7-6-17(21)23-2)8-10-24-11-9-19/h3-5,12,19H,6-11,13H2,1-2H3. The minimum atomic E-state index is -0.400. The minimum Gasteiger partial charge on any atom is -0.497 e. The highest BCUT2D eigenvalue weighted by Crippen LogP contribution is 2.18. The van der Waals surface area contributed by atoms with Crippen molar-refractivity contribution >= 4 is 11.9 Å². The van der Waals surface area contributed by atoms with Gasteiger partial charge in [-0.05, 0) is 12.1 Å². The largest absolute Gasteiger partial charge is 0.497 e. The van der Waals surface area contributed by atoms with Crippen molar-refractivity contribution in [2.24, 2.45) is 0 Å². The van der Waals surface area contributed by atoms with Gasteiger partial charge >= 0.3 is 5.97 Å². The van der Waals surface area contributed by atoms with E-state index in [2.05, 4.69) is 4.74 Å². The number of amides is 1. The monoisotopic (exact) mass is 355 g/mol. The van der Waals surface area contributed by atoms with Gasteiger partial charge in [0.25, 0.3) is 5.91 Å². The van der Waals surface area contributed by atoms with Gasteiger partial charge in [-0.25, -0.2) is 0 Å². The SMILES string of the molecule is COC(=O)CCN(CCOCCO)C(=O)COc1cccc(OC)c1. The first kappa shape index (κ1) is 20.7. The highest BCUT2D eigenvalue weighted by molar-refractivity contribution is 5.78. The van der Waals surface area contributed by atoms with Gasteiger partial charge in [0, 0.05) is 19.2 Å². The molecule has 1 N–H and O–H groups in total. The van der Waals surface area contributed by atoms with Gasteiger partial charge in [-0.15, -0.1) is 0 Å². The molecule has 0 spiro atoms. The van der Waals surface area contributed by atoms with E-state index in [-0.39, 0.29) is 51.8 Å². The minimum absolute atomic E-state index is 0.0847. The van der Waals surface area contributed by atoms with Crippen LogP contribution in [0.1, 0.15) is 6.42 Å². The number of nitrogens with zero attached hydrogens (tertiary/aromatic N) is 1. The summed E-state index contributed by atoms with van der Waals surface area (Å²) in [6.07, 6.45) is 0.0847. The lowest BCUT2D eigenvalue weighted by Gasteiger charge is -2.22. The van der Waals surface area contributed by atoms with Crippen LogP contribution < -0.4 is 9.47 Å². The number of ether oxygens (including phenoxy) is 4. The summed E-state index contributed by atoms with van der Waals surface area (Å²) in [5.74, 6) is 0.462. The second-order valence-corrected chi connectivity index (χ2v) is 5.01. The normalized spacial score (nSPS) is 10.2. The maximum Gasteiger partial charge on any atom is 0.307 e. The Bertz CT molecular complexity index is 535. The Kier molecular flexibility index (Phi) is 10.0. The van der Waals surface area contributed by atoms with E-state index in [1.807, 2.05) is 0 Å². The lowest BCUT2D eigenvalue weighted by molar-refractivity contribution is -0.142. The number of aliphatic hydroxyl groups is 1. The maximum absolute atomic E-state index is 12.3. The van der Waals surface area contributed by atoms with Gasteiger partial charge in [-0.2, -0.15) is 0 Å². The smallest absolute Gasteiger partial charge is 0.307 e. The van der Waals surface area contributed by atoms with Crippen LogP contribution in [-0.4, -0.2) is 75.6 Å². The summed E-state index contributed by atoms with van der Waals surface area (Å²) in [5, 5.41) is 8.70. The highest BCUT2D eigenvalue weighted by Gasteiger charge is 2.16. The number of hydrogen-bond donors (Lipinski definition) is 1. The van der Waals surface area contributed by atoms with Gasteiger partial charge in [-0.1, -0.05) is 6.07 Å². The molecule has 8 nitrogen and oxygen atoms in total. The molecule has 0 bridgehead atoms. The van der Waals surface area contributed by atoms with E-state index >= 15 is 0 Å². The fraction of sp³-hybridized carbons (Fsp3) is 0.529. The molecule has 0 aliphatic carbocycles. The number of carbonyl (C=O) groups excluding carboxylic acids is 2. The van der Waals surface area contributed by atoms with Gasteiger partial charge in [0.1, 0.15) is 11.5 Å². The Morgan fingerprint density at radius 2 is 1.88 bits per heavy atom. The first-order valence-corrected chi connectivity index (χ1v) is 7.90. The summed E-state index contributed by atoms with van der Waals surface area (Å²) in [7, 11) is 2.84. The quantitative estimate of drug-likeness (QED) is 0.430. The Hall–Kier alpha value is -2.32. The number of benzene rings is 1. The molecule has 0 fully saturated rings. The van der Waals surface area contributed by atoms with Crippen LogP contribution in [0.5, 0.6) is 11.5 Å². The van der Waals surface area contributed by atoms with E-state index in [0.29, 0.717) is 11.5 Å². The van der Waals surface area contributed by atoms with Crippen LogP contribution in [0.2, 0.25) is 0 Å².